The average Bonchev–Trinajstić information content (AvgIpc) is 2.65. The van der Waals surface area contributed by atoms with Crippen LogP contribution >= 0.6 is 0 Å². The molecule has 1 aliphatic rings. The van der Waals surface area contributed by atoms with Crippen molar-refractivity contribution in [3.05, 3.63) is 65.2 Å². The van der Waals surface area contributed by atoms with E-state index in [0.29, 0.717) is 11.6 Å². The molecule has 3 rings (SSSR count). The molecule has 27 heavy (non-hydrogen) atoms. The van der Waals surface area contributed by atoms with Crippen LogP contribution in [0.5, 0.6) is 0 Å². The van der Waals surface area contributed by atoms with Crippen molar-refractivity contribution in [2.24, 2.45) is 5.10 Å². The molecular formula is C18H13F4N3O2. The smallest absolute Gasteiger partial charge is 0.271 e. The number of rotatable bonds is 4. The molecule has 0 aliphatic carbocycles. The van der Waals surface area contributed by atoms with E-state index in [2.05, 4.69) is 10.4 Å². The van der Waals surface area contributed by atoms with E-state index in [1.807, 2.05) is 0 Å². The maximum absolute atomic E-state index is 13.7. The monoisotopic (exact) mass is 379 g/mol. The zero-order valence-electron chi connectivity index (χ0n) is 13.8. The molecule has 5 nitrogen and oxygen atoms in total. The molecule has 0 atom stereocenters. The second-order valence-electron chi connectivity index (χ2n) is 5.80. The molecule has 1 N–H and O–H groups in total. The Kier molecular flexibility index (Phi) is 5.20. The Bertz CT molecular complexity index is 929. The molecule has 2 aromatic rings. The van der Waals surface area contributed by atoms with E-state index in [4.69, 9.17) is 0 Å². The third-order valence-electron chi connectivity index (χ3n) is 3.90. The fourth-order valence-electron chi connectivity index (χ4n) is 2.47. The first-order valence-corrected chi connectivity index (χ1v) is 7.92. The van der Waals surface area contributed by atoms with Gasteiger partial charge in [-0.2, -0.15) is 5.10 Å². The van der Waals surface area contributed by atoms with Gasteiger partial charge in [0.15, 0.2) is 17.5 Å². The van der Waals surface area contributed by atoms with Crippen LogP contribution in [0.4, 0.5) is 23.2 Å². The summed E-state index contributed by atoms with van der Waals surface area (Å²) in [7, 11) is 0. The summed E-state index contributed by atoms with van der Waals surface area (Å²) >= 11 is 0. The van der Waals surface area contributed by atoms with Crippen LogP contribution in [-0.4, -0.2) is 22.5 Å². The second kappa shape index (κ2) is 7.56. The predicted octanol–water partition coefficient (Wildman–Crippen LogP) is 3.36. The van der Waals surface area contributed by atoms with Crippen LogP contribution in [0.15, 0.2) is 41.5 Å². The molecule has 1 heterocycles. The van der Waals surface area contributed by atoms with Crippen molar-refractivity contribution in [2.45, 2.75) is 19.4 Å². The zero-order chi connectivity index (χ0) is 19.6. The van der Waals surface area contributed by atoms with Crippen molar-refractivity contribution in [2.75, 3.05) is 5.32 Å². The highest BCUT2D eigenvalue weighted by Crippen LogP contribution is 2.21. The summed E-state index contributed by atoms with van der Waals surface area (Å²) in [6.07, 6.45) is 0.00356. The molecule has 0 aromatic heterocycles. The van der Waals surface area contributed by atoms with Crippen LogP contribution in [0.2, 0.25) is 0 Å². The van der Waals surface area contributed by atoms with Gasteiger partial charge in [-0.15, -0.1) is 0 Å². The van der Waals surface area contributed by atoms with Gasteiger partial charge in [0.05, 0.1) is 12.2 Å². The number of carbonyl (C=O) groups is 2. The van der Waals surface area contributed by atoms with Gasteiger partial charge in [-0.05, 0) is 29.8 Å². The Morgan fingerprint density at radius 2 is 1.70 bits per heavy atom. The number of hydrogen-bond acceptors (Lipinski definition) is 3. The van der Waals surface area contributed by atoms with E-state index in [1.165, 1.54) is 24.3 Å². The van der Waals surface area contributed by atoms with Gasteiger partial charge in [0.2, 0.25) is 5.91 Å². The minimum Gasteiger partial charge on any atom is -0.318 e. The minimum atomic E-state index is -1.70. The van der Waals surface area contributed by atoms with Gasteiger partial charge < -0.3 is 5.32 Å². The molecule has 0 spiro atoms. The lowest BCUT2D eigenvalue weighted by molar-refractivity contribution is -0.132. The highest BCUT2D eigenvalue weighted by atomic mass is 19.2. The second-order valence-corrected chi connectivity index (χ2v) is 5.80. The van der Waals surface area contributed by atoms with E-state index in [0.717, 1.165) is 11.1 Å². The number of nitrogens with one attached hydrogen (secondary N) is 1. The molecule has 0 fully saturated rings. The van der Waals surface area contributed by atoms with Crippen molar-refractivity contribution in [3.8, 4) is 0 Å². The Hall–Kier alpha value is -3.23. The molecule has 0 saturated heterocycles. The molecule has 2 aromatic carbocycles. The predicted molar refractivity (Wildman–Crippen MR) is 88.6 cm³/mol. The summed E-state index contributed by atoms with van der Waals surface area (Å²) in [6.45, 7) is 0.0232. The van der Waals surface area contributed by atoms with Gasteiger partial charge in [-0.25, -0.2) is 22.6 Å². The maximum atomic E-state index is 13.7. The van der Waals surface area contributed by atoms with Gasteiger partial charge in [0, 0.05) is 12.8 Å². The molecule has 0 radical (unpaired) electrons. The lowest BCUT2D eigenvalue weighted by Crippen LogP contribution is -2.36. The van der Waals surface area contributed by atoms with Crippen LogP contribution in [-0.2, 0) is 16.1 Å². The first-order chi connectivity index (χ1) is 12.8. The number of amides is 2. The summed E-state index contributed by atoms with van der Waals surface area (Å²) in [4.78, 5) is 24.2. The standard InChI is InChI=1S/C18H13F4N3O2/c19-11-3-1-10(2-4-11)9-25-15(26)8-7-14(24-25)18(27)23-13-6-5-12(20)16(21)17(13)22/h1-6H,7-9H2,(H,23,27). The van der Waals surface area contributed by atoms with E-state index in [-0.39, 0.29) is 31.0 Å². The number of benzene rings is 2. The lowest BCUT2D eigenvalue weighted by atomic mass is 10.1. The number of hydrogen-bond donors (Lipinski definition) is 1. The molecule has 9 heteroatoms. The SMILES string of the molecule is O=C(Nc1ccc(F)c(F)c1F)C1=NN(Cc2ccc(F)cc2)C(=O)CC1. The van der Waals surface area contributed by atoms with Crippen molar-refractivity contribution >= 4 is 23.2 Å². The van der Waals surface area contributed by atoms with Crippen LogP contribution in [0.1, 0.15) is 18.4 Å². The van der Waals surface area contributed by atoms with E-state index < -0.39 is 34.9 Å². The van der Waals surface area contributed by atoms with Gasteiger partial charge in [-0.3, -0.25) is 9.59 Å². The van der Waals surface area contributed by atoms with Crippen molar-refractivity contribution in [3.63, 3.8) is 0 Å². The van der Waals surface area contributed by atoms with Crippen LogP contribution in [0.25, 0.3) is 0 Å². The Labute approximate surface area is 151 Å². The number of hydrazone groups is 1. The normalized spacial score (nSPS) is 14.1. The highest BCUT2D eigenvalue weighted by Gasteiger charge is 2.25. The first-order valence-electron chi connectivity index (χ1n) is 7.92. The number of halogens is 4. The molecule has 0 saturated carbocycles. The minimum absolute atomic E-state index is 0.00624. The van der Waals surface area contributed by atoms with Gasteiger partial charge in [0.1, 0.15) is 11.5 Å². The number of nitrogens with zero attached hydrogens (tertiary/aromatic N) is 2. The molecule has 140 valence electrons. The largest absolute Gasteiger partial charge is 0.318 e. The van der Waals surface area contributed by atoms with Crippen LogP contribution in [0, 0.1) is 23.3 Å². The lowest BCUT2D eigenvalue weighted by Gasteiger charge is -2.23. The first kappa shape index (κ1) is 18.6. The Balaban J connectivity index is 1.77. The molecule has 2 amide bonds. The van der Waals surface area contributed by atoms with Crippen molar-refractivity contribution < 1.29 is 27.2 Å². The average molecular weight is 379 g/mol. The summed E-state index contributed by atoms with van der Waals surface area (Å²) in [5, 5.41) is 7.12. The highest BCUT2D eigenvalue weighted by molar-refractivity contribution is 6.43. The Morgan fingerprint density at radius 1 is 1.00 bits per heavy atom. The van der Waals surface area contributed by atoms with Crippen molar-refractivity contribution in [1.82, 2.24) is 5.01 Å². The van der Waals surface area contributed by atoms with Gasteiger partial charge >= 0.3 is 0 Å². The molecule has 0 bridgehead atoms. The van der Waals surface area contributed by atoms with E-state index in [9.17, 15) is 27.2 Å². The molecule has 1 aliphatic heterocycles. The summed E-state index contributed by atoms with van der Waals surface area (Å²) in [5.74, 6) is -6.21. The van der Waals surface area contributed by atoms with E-state index >= 15 is 0 Å². The third-order valence-corrected chi connectivity index (χ3v) is 3.90. The fraction of sp³-hybridized carbons (Fsp3) is 0.167. The summed E-state index contributed by atoms with van der Waals surface area (Å²) in [6, 6.07) is 6.98. The van der Waals surface area contributed by atoms with Crippen molar-refractivity contribution in [1.29, 1.82) is 0 Å². The molecule has 0 unspecified atom stereocenters. The summed E-state index contributed by atoms with van der Waals surface area (Å²) in [5.41, 5.74) is -0.00811. The summed E-state index contributed by atoms with van der Waals surface area (Å²) < 4.78 is 52.9. The van der Waals surface area contributed by atoms with E-state index in [1.54, 1.807) is 0 Å². The number of anilines is 1. The fourth-order valence-corrected chi connectivity index (χ4v) is 2.47. The Morgan fingerprint density at radius 3 is 2.41 bits per heavy atom. The zero-order valence-corrected chi connectivity index (χ0v) is 13.8. The maximum Gasteiger partial charge on any atom is 0.271 e. The third kappa shape index (κ3) is 4.13. The van der Waals surface area contributed by atoms with Crippen LogP contribution in [0.3, 0.4) is 0 Å². The quantitative estimate of drug-likeness (QED) is 0.654. The number of carbonyl (C=O) groups excluding carboxylic acids is 2. The van der Waals surface area contributed by atoms with Crippen LogP contribution < -0.4 is 5.32 Å². The van der Waals surface area contributed by atoms with Gasteiger partial charge in [-0.1, -0.05) is 12.1 Å². The topological polar surface area (TPSA) is 61.8 Å². The van der Waals surface area contributed by atoms with Gasteiger partial charge in [0.25, 0.3) is 5.91 Å². The molecular weight excluding hydrogens is 366 g/mol.